The van der Waals surface area contributed by atoms with Gasteiger partial charge >= 0.3 is 12.1 Å². The maximum absolute atomic E-state index is 13.0. The molecule has 0 fully saturated rings. The minimum absolute atomic E-state index is 0.117. The van der Waals surface area contributed by atoms with Gasteiger partial charge in [0.15, 0.2) is 0 Å². The van der Waals surface area contributed by atoms with Crippen LogP contribution in [0.1, 0.15) is 31.2 Å². The lowest BCUT2D eigenvalue weighted by Crippen LogP contribution is -2.37. The summed E-state index contributed by atoms with van der Waals surface area (Å²) in [5.41, 5.74) is -0.664. The molecule has 0 saturated heterocycles. The minimum Gasteiger partial charge on any atom is -0.497 e. The van der Waals surface area contributed by atoms with Crippen molar-refractivity contribution in [1.82, 2.24) is 4.98 Å². The fourth-order valence-corrected chi connectivity index (χ4v) is 3.45. The number of hydrogen-bond donors (Lipinski definition) is 1. The normalized spacial score (nSPS) is 12.8. The van der Waals surface area contributed by atoms with Crippen molar-refractivity contribution in [1.29, 1.82) is 5.26 Å². The summed E-state index contributed by atoms with van der Waals surface area (Å²) < 4.78 is 55.0. The van der Waals surface area contributed by atoms with E-state index in [4.69, 9.17) is 25.8 Å². The third kappa shape index (κ3) is 7.27. The first-order valence-corrected chi connectivity index (χ1v) is 11.4. The SMILES string of the molecule is COc1ccc(Oc2cccc(C(C#N)OC(=O)C(Nc3ccc(C(F)(F)F)cc3Cl)C(C)C)n2)cc1. The highest BCUT2D eigenvalue weighted by atomic mass is 35.5. The molecule has 0 aliphatic carbocycles. The number of hydrogen-bond acceptors (Lipinski definition) is 7. The van der Waals surface area contributed by atoms with Gasteiger partial charge in [-0.05, 0) is 54.4 Å². The van der Waals surface area contributed by atoms with E-state index < -0.39 is 29.9 Å². The molecule has 3 aromatic rings. The zero-order valence-electron chi connectivity index (χ0n) is 20.0. The van der Waals surface area contributed by atoms with Crippen LogP contribution in [-0.2, 0) is 15.7 Å². The number of carbonyl (C=O) groups is 1. The highest BCUT2D eigenvalue weighted by molar-refractivity contribution is 6.33. The van der Waals surface area contributed by atoms with E-state index in [0.29, 0.717) is 11.5 Å². The number of halogens is 4. The quantitative estimate of drug-likeness (QED) is 0.302. The molecule has 194 valence electrons. The molecule has 3 rings (SSSR count). The molecule has 0 aliphatic heterocycles. The largest absolute Gasteiger partial charge is 0.497 e. The molecule has 2 atom stereocenters. The second-order valence-corrected chi connectivity index (χ2v) is 8.59. The monoisotopic (exact) mass is 533 g/mol. The summed E-state index contributed by atoms with van der Waals surface area (Å²) in [7, 11) is 1.54. The number of alkyl halides is 3. The van der Waals surface area contributed by atoms with Crippen LogP contribution in [0.5, 0.6) is 17.4 Å². The predicted octanol–water partition coefficient (Wildman–Crippen LogP) is 6.80. The third-order valence-corrected chi connectivity index (χ3v) is 5.49. The Balaban J connectivity index is 1.74. The maximum atomic E-state index is 13.0. The number of nitrogens with one attached hydrogen (secondary N) is 1. The average Bonchev–Trinajstić information content (AvgIpc) is 2.86. The summed E-state index contributed by atoms with van der Waals surface area (Å²) >= 11 is 6.02. The number of ether oxygens (including phenoxy) is 3. The number of nitrogens with zero attached hydrogens (tertiary/aromatic N) is 2. The molecule has 2 unspecified atom stereocenters. The molecule has 0 aliphatic rings. The smallest absolute Gasteiger partial charge is 0.416 e. The first-order chi connectivity index (χ1) is 17.5. The van der Waals surface area contributed by atoms with Gasteiger partial charge in [-0.25, -0.2) is 9.78 Å². The van der Waals surface area contributed by atoms with Gasteiger partial charge in [0.1, 0.15) is 23.6 Å². The molecular formula is C26H23ClF3N3O4. The van der Waals surface area contributed by atoms with Crippen LogP contribution in [0.4, 0.5) is 18.9 Å². The Morgan fingerprint density at radius 3 is 2.32 bits per heavy atom. The molecule has 1 heterocycles. The Bertz CT molecular complexity index is 1280. The van der Waals surface area contributed by atoms with Gasteiger partial charge in [0.2, 0.25) is 12.0 Å². The Morgan fingerprint density at radius 1 is 1.08 bits per heavy atom. The van der Waals surface area contributed by atoms with Gasteiger partial charge in [0, 0.05) is 6.07 Å². The van der Waals surface area contributed by atoms with E-state index in [2.05, 4.69) is 10.3 Å². The fourth-order valence-electron chi connectivity index (χ4n) is 3.21. The molecule has 7 nitrogen and oxygen atoms in total. The van der Waals surface area contributed by atoms with Crippen LogP contribution in [0, 0.1) is 17.2 Å². The van der Waals surface area contributed by atoms with Gasteiger partial charge in [0.05, 0.1) is 29.1 Å². The number of aromatic nitrogens is 1. The van der Waals surface area contributed by atoms with Crippen molar-refractivity contribution in [3.05, 3.63) is 76.9 Å². The molecule has 1 N–H and O–H groups in total. The molecule has 11 heteroatoms. The number of carbonyl (C=O) groups excluding carboxylic acids is 1. The van der Waals surface area contributed by atoms with Gasteiger partial charge in [0.25, 0.3) is 0 Å². The number of methoxy groups -OCH3 is 1. The van der Waals surface area contributed by atoms with Crippen molar-refractivity contribution in [3.63, 3.8) is 0 Å². The third-order valence-electron chi connectivity index (χ3n) is 5.17. The molecule has 0 spiro atoms. The van der Waals surface area contributed by atoms with E-state index in [1.165, 1.54) is 6.07 Å². The lowest BCUT2D eigenvalue weighted by atomic mass is 10.0. The lowest BCUT2D eigenvalue weighted by Gasteiger charge is -2.24. The van der Waals surface area contributed by atoms with Gasteiger partial charge in [-0.3, -0.25) is 0 Å². The van der Waals surface area contributed by atoms with Crippen molar-refractivity contribution in [2.75, 3.05) is 12.4 Å². The maximum Gasteiger partial charge on any atom is 0.416 e. The molecule has 0 bridgehead atoms. The van der Waals surface area contributed by atoms with Crippen LogP contribution in [-0.4, -0.2) is 24.1 Å². The Kier molecular flexibility index (Phi) is 8.84. The number of anilines is 1. The highest BCUT2D eigenvalue weighted by Gasteiger charge is 2.32. The lowest BCUT2D eigenvalue weighted by molar-refractivity contribution is -0.149. The first kappa shape index (κ1) is 27.6. The predicted molar refractivity (Wildman–Crippen MR) is 130 cm³/mol. The number of pyridine rings is 1. The zero-order valence-corrected chi connectivity index (χ0v) is 20.8. The van der Waals surface area contributed by atoms with Crippen LogP contribution < -0.4 is 14.8 Å². The number of nitriles is 1. The summed E-state index contributed by atoms with van der Waals surface area (Å²) in [5, 5.41) is 12.3. The van der Waals surface area contributed by atoms with Gasteiger partial charge < -0.3 is 19.5 Å². The first-order valence-electron chi connectivity index (χ1n) is 11.0. The second-order valence-electron chi connectivity index (χ2n) is 8.18. The zero-order chi connectivity index (χ0) is 27.2. The van der Waals surface area contributed by atoms with Crippen LogP contribution >= 0.6 is 11.6 Å². The second kappa shape index (κ2) is 11.8. The van der Waals surface area contributed by atoms with Crippen LogP contribution in [0.25, 0.3) is 0 Å². The molecule has 0 amide bonds. The van der Waals surface area contributed by atoms with Gasteiger partial charge in [-0.2, -0.15) is 18.4 Å². The van der Waals surface area contributed by atoms with Gasteiger partial charge in [-0.15, -0.1) is 0 Å². The van der Waals surface area contributed by atoms with E-state index in [1.54, 1.807) is 57.4 Å². The van der Waals surface area contributed by atoms with E-state index in [0.717, 1.165) is 18.2 Å². The summed E-state index contributed by atoms with van der Waals surface area (Å²) in [6.45, 7) is 3.42. The van der Waals surface area contributed by atoms with Crippen LogP contribution in [0.15, 0.2) is 60.7 Å². The van der Waals surface area contributed by atoms with Crippen molar-refractivity contribution in [3.8, 4) is 23.4 Å². The molecule has 0 saturated carbocycles. The van der Waals surface area contributed by atoms with Gasteiger partial charge in [-0.1, -0.05) is 31.5 Å². The van der Waals surface area contributed by atoms with Crippen molar-refractivity contribution < 1.29 is 32.2 Å². The Hall–Kier alpha value is -3.97. The molecular weight excluding hydrogens is 511 g/mol. The van der Waals surface area contributed by atoms with Crippen LogP contribution in [0.2, 0.25) is 5.02 Å². The average molecular weight is 534 g/mol. The number of benzene rings is 2. The summed E-state index contributed by atoms with van der Waals surface area (Å²) in [4.78, 5) is 17.2. The summed E-state index contributed by atoms with van der Waals surface area (Å²) in [5.74, 6) is 0.141. The Labute approximate surface area is 216 Å². The van der Waals surface area contributed by atoms with Crippen molar-refractivity contribution in [2.45, 2.75) is 32.2 Å². The van der Waals surface area contributed by atoms with Crippen molar-refractivity contribution >= 4 is 23.3 Å². The number of esters is 1. The molecule has 1 aromatic heterocycles. The summed E-state index contributed by atoms with van der Waals surface area (Å²) in [6.07, 6.45) is -5.92. The molecule has 0 radical (unpaired) electrons. The molecule has 37 heavy (non-hydrogen) atoms. The van der Waals surface area contributed by atoms with Crippen molar-refractivity contribution in [2.24, 2.45) is 5.92 Å². The van der Waals surface area contributed by atoms with E-state index >= 15 is 0 Å². The van der Waals surface area contributed by atoms with Crippen LogP contribution in [0.3, 0.4) is 0 Å². The minimum atomic E-state index is -4.56. The van der Waals surface area contributed by atoms with E-state index in [-0.39, 0.29) is 28.2 Å². The fraction of sp³-hybridized carbons (Fsp3) is 0.269. The van der Waals surface area contributed by atoms with E-state index in [1.807, 2.05) is 6.07 Å². The summed E-state index contributed by atoms with van der Waals surface area (Å²) in [6, 6.07) is 15.1. The molecule has 2 aromatic carbocycles. The standard InChI is InChI=1S/C26H23ClF3N3O4/c1-15(2)24(33-20-12-7-16(13-19(20)27)26(28,29)30)25(34)37-22(14-31)21-5-4-6-23(32-21)36-18-10-8-17(35-3)9-11-18/h4-13,15,22,24,33H,1-3H3. The highest BCUT2D eigenvalue weighted by Crippen LogP contribution is 2.34. The topological polar surface area (TPSA) is 93.5 Å². The number of rotatable bonds is 9. The van der Waals surface area contributed by atoms with E-state index in [9.17, 15) is 23.2 Å². The Morgan fingerprint density at radius 2 is 1.76 bits per heavy atom.